The van der Waals surface area contributed by atoms with Crippen molar-refractivity contribution >= 4 is 11.8 Å². The molecule has 3 heteroatoms. The lowest BCUT2D eigenvalue weighted by molar-refractivity contribution is 0.545. The zero-order chi connectivity index (χ0) is 14.0. The Morgan fingerprint density at radius 1 is 0.850 bits per heavy atom. The van der Waals surface area contributed by atoms with Gasteiger partial charge in [0.2, 0.25) is 0 Å². The molecule has 0 aliphatic carbocycles. The minimum absolute atomic E-state index is 0.291. The van der Waals surface area contributed by atoms with Crippen LogP contribution >= 0.6 is 11.8 Å². The monoisotopic (exact) mass is 286 g/mol. The highest BCUT2D eigenvalue weighted by Gasteiger charge is 2.04. The minimum Gasteiger partial charge on any atom is -0.293 e. The first kappa shape index (κ1) is 15.1. The average Bonchev–Trinajstić information content (AvgIpc) is 2.52. The maximum Gasteiger partial charge on any atom is 0.105 e. The van der Waals surface area contributed by atoms with Gasteiger partial charge in [-0.25, -0.2) is 0 Å². The van der Waals surface area contributed by atoms with Crippen LogP contribution in [0.25, 0.3) is 0 Å². The summed E-state index contributed by atoms with van der Waals surface area (Å²) in [4.78, 5) is 0. The highest BCUT2D eigenvalue weighted by molar-refractivity contribution is 7.99. The standard InChI is InChI=1S/C17H22N2S/c1-20-17(19-14-16-10-6-3-7-11-16)18-13-12-15-8-4-2-5-9-15/h2-11,17-19H,12-14H2,1H3. The number of thioether (sulfide) groups is 1. The van der Waals surface area contributed by atoms with E-state index in [2.05, 4.69) is 71.5 Å². The summed E-state index contributed by atoms with van der Waals surface area (Å²) in [5.74, 6) is 0. The van der Waals surface area contributed by atoms with Gasteiger partial charge >= 0.3 is 0 Å². The molecule has 0 bridgehead atoms. The molecule has 0 aromatic heterocycles. The van der Waals surface area contributed by atoms with Crippen molar-refractivity contribution < 1.29 is 0 Å². The zero-order valence-electron chi connectivity index (χ0n) is 11.9. The molecule has 2 nitrogen and oxygen atoms in total. The van der Waals surface area contributed by atoms with Gasteiger partial charge in [-0.3, -0.25) is 10.6 Å². The summed E-state index contributed by atoms with van der Waals surface area (Å²) < 4.78 is 0. The van der Waals surface area contributed by atoms with Crippen molar-refractivity contribution in [2.24, 2.45) is 0 Å². The lowest BCUT2D eigenvalue weighted by atomic mass is 10.1. The third-order valence-corrected chi connectivity index (χ3v) is 3.96. The predicted octanol–water partition coefficient (Wildman–Crippen LogP) is 3.26. The molecule has 2 aromatic carbocycles. The van der Waals surface area contributed by atoms with Crippen molar-refractivity contribution in [3.05, 3.63) is 71.8 Å². The molecule has 20 heavy (non-hydrogen) atoms. The average molecular weight is 286 g/mol. The summed E-state index contributed by atoms with van der Waals surface area (Å²) in [5.41, 5.74) is 2.98. The second-order valence-electron chi connectivity index (χ2n) is 4.67. The van der Waals surface area contributed by atoms with Gasteiger partial charge in [-0.1, -0.05) is 60.7 Å². The fraction of sp³-hybridized carbons (Fsp3) is 0.294. The van der Waals surface area contributed by atoms with E-state index in [-0.39, 0.29) is 0 Å². The lowest BCUT2D eigenvalue weighted by Crippen LogP contribution is -2.40. The van der Waals surface area contributed by atoms with Gasteiger partial charge in [0.15, 0.2) is 0 Å². The molecule has 0 spiro atoms. The van der Waals surface area contributed by atoms with Crippen LogP contribution in [0.5, 0.6) is 0 Å². The van der Waals surface area contributed by atoms with Gasteiger partial charge < -0.3 is 0 Å². The molecule has 1 unspecified atom stereocenters. The SMILES string of the molecule is CSC(NCCc1ccccc1)NCc1ccccc1. The summed E-state index contributed by atoms with van der Waals surface area (Å²) in [5, 5.41) is 7.06. The van der Waals surface area contributed by atoms with E-state index in [4.69, 9.17) is 0 Å². The van der Waals surface area contributed by atoms with Gasteiger partial charge in [-0.15, -0.1) is 11.8 Å². The molecule has 0 aliphatic rings. The molecular formula is C17H22N2S. The molecule has 2 N–H and O–H groups in total. The minimum atomic E-state index is 0.291. The number of benzene rings is 2. The molecule has 0 fully saturated rings. The highest BCUT2D eigenvalue weighted by Crippen LogP contribution is 2.04. The predicted molar refractivity (Wildman–Crippen MR) is 88.7 cm³/mol. The molecule has 0 amide bonds. The van der Waals surface area contributed by atoms with Crippen LogP contribution in [0, 0.1) is 0 Å². The fourth-order valence-electron chi connectivity index (χ4n) is 2.04. The normalized spacial score (nSPS) is 12.2. The second kappa shape index (κ2) is 8.80. The van der Waals surface area contributed by atoms with E-state index in [9.17, 15) is 0 Å². The molecule has 0 aliphatic heterocycles. The maximum absolute atomic E-state index is 3.54. The van der Waals surface area contributed by atoms with Crippen molar-refractivity contribution in [2.45, 2.75) is 18.5 Å². The van der Waals surface area contributed by atoms with Crippen LogP contribution in [-0.2, 0) is 13.0 Å². The van der Waals surface area contributed by atoms with Crippen LogP contribution < -0.4 is 10.6 Å². The van der Waals surface area contributed by atoms with Gasteiger partial charge in [-0.05, 0) is 23.8 Å². The quantitative estimate of drug-likeness (QED) is 0.728. The maximum atomic E-state index is 3.54. The van der Waals surface area contributed by atoms with Crippen molar-refractivity contribution in [3.8, 4) is 0 Å². The van der Waals surface area contributed by atoms with Crippen molar-refractivity contribution in [3.63, 3.8) is 0 Å². The molecule has 1 atom stereocenters. The molecular weight excluding hydrogens is 264 g/mol. The van der Waals surface area contributed by atoms with Gasteiger partial charge in [0.1, 0.15) is 5.50 Å². The Hall–Kier alpha value is -1.29. The fourth-order valence-corrected chi connectivity index (χ4v) is 2.57. The molecule has 0 saturated carbocycles. The molecule has 106 valence electrons. The highest BCUT2D eigenvalue weighted by atomic mass is 32.2. The third kappa shape index (κ3) is 5.37. The van der Waals surface area contributed by atoms with Gasteiger partial charge in [0, 0.05) is 13.1 Å². The van der Waals surface area contributed by atoms with Crippen molar-refractivity contribution in [1.29, 1.82) is 0 Å². The van der Waals surface area contributed by atoms with Crippen LogP contribution in [-0.4, -0.2) is 18.3 Å². The van der Waals surface area contributed by atoms with E-state index in [0.717, 1.165) is 19.5 Å². The summed E-state index contributed by atoms with van der Waals surface area (Å²) in [6.45, 7) is 1.88. The van der Waals surface area contributed by atoms with Crippen LogP contribution in [0.1, 0.15) is 11.1 Å². The number of rotatable bonds is 8. The van der Waals surface area contributed by atoms with Crippen LogP contribution in [0.4, 0.5) is 0 Å². The summed E-state index contributed by atoms with van der Waals surface area (Å²) in [6, 6.07) is 21.1. The first-order valence-corrected chi connectivity index (χ1v) is 8.24. The van der Waals surface area contributed by atoms with E-state index < -0.39 is 0 Å². The first-order chi connectivity index (χ1) is 9.88. The molecule has 0 saturated heterocycles. The topological polar surface area (TPSA) is 24.1 Å². The second-order valence-corrected chi connectivity index (χ2v) is 5.61. The largest absolute Gasteiger partial charge is 0.293 e. The Kier molecular flexibility index (Phi) is 6.64. The molecule has 2 aromatic rings. The Labute approximate surface area is 126 Å². The lowest BCUT2D eigenvalue weighted by Gasteiger charge is -2.18. The van der Waals surface area contributed by atoms with Crippen LogP contribution in [0.3, 0.4) is 0 Å². The third-order valence-electron chi connectivity index (χ3n) is 3.16. The molecule has 0 heterocycles. The first-order valence-electron chi connectivity index (χ1n) is 6.96. The van der Waals surface area contributed by atoms with Crippen molar-refractivity contribution in [1.82, 2.24) is 10.6 Å². The summed E-state index contributed by atoms with van der Waals surface area (Å²) in [6.07, 6.45) is 3.18. The number of hydrogen-bond donors (Lipinski definition) is 2. The Balaban J connectivity index is 1.70. The van der Waals surface area contributed by atoms with Crippen LogP contribution in [0.2, 0.25) is 0 Å². The Bertz CT molecular complexity index is 473. The number of hydrogen-bond acceptors (Lipinski definition) is 3. The van der Waals surface area contributed by atoms with E-state index in [1.54, 1.807) is 11.8 Å². The smallest absolute Gasteiger partial charge is 0.105 e. The van der Waals surface area contributed by atoms with E-state index in [1.165, 1.54) is 11.1 Å². The summed E-state index contributed by atoms with van der Waals surface area (Å²) in [7, 11) is 0. The number of nitrogens with one attached hydrogen (secondary N) is 2. The molecule has 0 radical (unpaired) electrons. The Morgan fingerprint density at radius 2 is 1.45 bits per heavy atom. The van der Waals surface area contributed by atoms with E-state index in [1.807, 2.05) is 6.07 Å². The van der Waals surface area contributed by atoms with E-state index in [0.29, 0.717) is 5.50 Å². The van der Waals surface area contributed by atoms with Gasteiger partial charge in [-0.2, -0.15) is 0 Å². The molecule has 2 rings (SSSR count). The zero-order valence-corrected chi connectivity index (χ0v) is 12.7. The van der Waals surface area contributed by atoms with Gasteiger partial charge in [0.25, 0.3) is 0 Å². The van der Waals surface area contributed by atoms with Crippen molar-refractivity contribution in [2.75, 3.05) is 12.8 Å². The van der Waals surface area contributed by atoms with Crippen LogP contribution in [0.15, 0.2) is 60.7 Å². The summed E-state index contributed by atoms with van der Waals surface area (Å²) >= 11 is 1.80. The van der Waals surface area contributed by atoms with E-state index >= 15 is 0 Å². The Morgan fingerprint density at radius 3 is 2.05 bits per heavy atom. The van der Waals surface area contributed by atoms with Gasteiger partial charge in [0.05, 0.1) is 0 Å².